The highest BCUT2D eigenvalue weighted by molar-refractivity contribution is 5.72. The number of nitriles is 2. The van der Waals surface area contributed by atoms with Gasteiger partial charge in [0.25, 0.3) is 0 Å². The molecule has 0 bridgehead atoms. The molecule has 0 aliphatic heterocycles. The standard InChI is InChI=1S/C12H9N3O/c13-7-3-4-9(8-14)12-15-10-5-1-2-6-11(10)16-12/h1-2,5-6,9H,3-4H2. The average molecular weight is 211 g/mol. The Morgan fingerprint density at radius 1 is 1.31 bits per heavy atom. The number of aromatic nitrogens is 1. The summed E-state index contributed by atoms with van der Waals surface area (Å²) in [6.07, 6.45) is 0.788. The Kier molecular flexibility index (Phi) is 2.84. The molecule has 1 unspecified atom stereocenters. The Hall–Kier alpha value is -2.33. The van der Waals surface area contributed by atoms with Crippen molar-refractivity contribution in [2.45, 2.75) is 18.8 Å². The van der Waals surface area contributed by atoms with Gasteiger partial charge in [-0.25, -0.2) is 4.98 Å². The molecular formula is C12H9N3O. The number of benzene rings is 1. The molecule has 0 aliphatic carbocycles. The van der Waals surface area contributed by atoms with Crippen LogP contribution in [0.3, 0.4) is 0 Å². The molecule has 0 aliphatic rings. The summed E-state index contributed by atoms with van der Waals surface area (Å²) in [5, 5.41) is 17.5. The van der Waals surface area contributed by atoms with Crippen molar-refractivity contribution in [1.29, 1.82) is 10.5 Å². The first-order valence-corrected chi connectivity index (χ1v) is 4.97. The topological polar surface area (TPSA) is 73.6 Å². The van der Waals surface area contributed by atoms with E-state index in [-0.39, 0.29) is 0 Å². The number of rotatable bonds is 3. The molecule has 0 fully saturated rings. The molecule has 4 nitrogen and oxygen atoms in total. The Morgan fingerprint density at radius 2 is 2.12 bits per heavy atom. The van der Waals surface area contributed by atoms with Gasteiger partial charge in [0, 0.05) is 6.42 Å². The van der Waals surface area contributed by atoms with Crippen LogP contribution in [0.1, 0.15) is 24.7 Å². The number of para-hydroxylation sites is 2. The lowest BCUT2D eigenvalue weighted by Gasteiger charge is -1.99. The molecule has 0 saturated heterocycles. The molecule has 1 atom stereocenters. The maximum atomic E-state index is 8.97. The van der Waals surface area contributed by atoms with E-state index in [1.807, 2.05) is 30.3 Å². The van der Waals surface area contributed by atoms with E-state index in [1.165, 1.54) is 0 Å². The van der Waals surface area contributed by atoms with Crippen LogP contribution in [0.25, 0.3) is 11.1 Å². The molecule has 1 heterocycles. The highest BCUT2D eigenvalue weighted by atomic mass is 16.3. The molecule has 0 radical (unpaired) electrons. The summed E-state index contributed by atoms with van der Waals surface area (Å²) in [6.45, 7) is 0. The van der Waals surface area contributed by atoms with Gasteiger partial charge >= 0.3 is 0 Å². The zero-order valence-electron chi connectivity index (χ0n) is 8.55. The van der Waals surface area contributed by atoms with E-state index in [1.54, 1.807) is 0 Å². The van der Waals surface area contributed by atoms with Gasteiger partial charge in [0.15, 0.2) is 5.58 Å². The van der Waals surface area contributed by atoms with E-state index < -0.39 is 5.92 Å². The summed E-state index contributed by atoms with van der Waals surface area (Å²) in [5.41, 5.74) is 1.42. The maximum Gasteiger partial charge on any atom is 0.212 e. The smallest absolute Gasteiger partial charge is 0.212 e. The van der Waals surface area contributed by atoms with E-state index in [9.17, 15) is 0 Å². The van der Waals surface area contributed by atoms with Gasteiger partial charge in [0.05, 0.1) is 12.1 Å². The van der Waals surface area contributed by atoms with Crippen LogP contribution in [0.2, 0.25) is 0 Å². The summed E-state index contributed by atoms with van der Waals surface area (Å²) in [6, 6.07) is 11.5. The van der Waals surface area contributed by atoms with Gasteiger partial charge < -0.3 is 4.42 Å². The minimum atomic E-state index is -0.438. The minimum absolute atomic E-state index is 0.330. The van der Waals surface area contributed by atoms with Crippen LogP contribution in [0.15, 0.2) is 28.7 Å². The van der Waals surface area contributed by atoms with Crippen molar-refractivity contribution >= 4 is 11.1 Å². The molecule has 4 heteroatoms. The van der Waals surface area contributed by atoms with E-state index in [0.29, 0.717) is 24.3 Å². The second-order valence-electron chi connectivity index (χ2n) is 3.40. The fourth-order valence-electron chi connectivity index (χ4n) is 1.49. The van der Waals surface area contributed by atoms with Gasteiger partial charge in [-0.15, -0.1) is 0 Å². The molecule has 0 N–H and O–H groups in total. The summed E-state index contributed by atoms with van der Waals surface area (Å²) < 4.78 is 5.48. The number of nitrogens with zero attached hydrogens (tertiary/aromatic N) is 3. The van der Waals surface area contributed by atoms with Crippen molar-refractivity contribution in [2.75, 3.05) is 0 Å². The largest absolute Gasteiger partial charge is 0.439 e. The predicted octanol–water partition coefficient (Wildman–Crippen LogP) is 2.74. The molecule has 2 aromatic rings. The zero-order valence-corrected chi connectivity index (χ0v) is 8.55. The predicted molar refractivity (Wildman–Crippen MR) is 57.2 cm³/mol. The molecule has 0 spiro atoms. The Bertz CT molecular complexity index is 541. The van der Waals surface area contributed by atoms with Crippen LogP contribution in [-0.2, 0) is 0 Å². The third kappa shape index (κ3) is 1.87. The molecule has 16 heavy (non-hydrogen) atoms. The van der Waals surface area contributed by atoms with Gasteiger partial charge in [-0.1, -0.05) is 12.1 Å². The van der Waals surface area contributed by atoms with E-state index >= 15 is 0 Å². The molecule has 2 rings (SSSR count). The second-order valence-corrected chi connectivity index (χ2v) is 3.40. The molecule has 0 amide bonds. The first kappa shape index (κ1) is 10.2. The van der Waals surface area contributed by atoms with Crippen molar-refractivity contribution < 1.29 is 4.42 Å². The van der Waals surface area contributed by atoms with Crippen molar-refractivity contribution in [3.63, 3.8) is 0 Å². The molecule has 1 aromatic carbocycles. The summed E-state index contributed by atoms with van der Waals surface area (Å²) in [5.74, 6) is -0.0361. The Morgan fingerprint density at radius 3 is 2.81 bits per heavy atom. The zero-order chi connectivity index (χ0) is 11.4. The number of oxazole rings is 1. The quantitative estimate of drug-likeness (QED) is 0.782. The fraction of sp³-hybridized carbons (Fsp3) is 0.250. The van der Waals surface area contributed by atoms with E-state index in [2.05, 4.69) is 11.1 Å². The lowest BCUT2D eigenvalue weighted by Crippen LogP contribution is -1.95. The monoisotopic (exact) mass is 211 g/mol. The highest BCUT2D eigenvalue weighted by Gasteiger charge is 2.17. The van der Waals surface area contributed by atoms with Gasteiger partial charge in [0.2, 0.25) is 5.89 Å². The highest BCUT2D eigenvalue weighted by Crippen LogP contribution is 2.24. The SMILES string of the molecule is N#CCCC(C#N)c1nc2ccccc2o1. The summed E-state index contributed by atoms with van der Waals surface area (Å²) in [4.78, 5) is 4.24. The summed E-state index contributed by atoms with van der Waals surface area (Å²) in [7, 11) is 0. The van der Waals surface area contributed by atoms with Crippen LogP contribution < -0.4 is 0 Å². The Balaban J connectivity index is 2.32. The number of fused-ring (bicyclic) bond motifs is 1. The first-order valence-electron chi connectivity index (χ1n) is 4.97. The second kappa shape index (κ2) is 4.46. The number of hydrogen-bond donors (Lipinski definition) is 0. The van der Waals surface area contributed by atoms with E-state index in [0.717, 1.165) is 5.52 Å². The van der Waals surface area contributed by atoms with Crippen molar-refractivity contribution in [2.24, 2.45) is 0 Å². The third-order valence-electron chi connectivity index (χ3n) is 2.31. The van der Waals surface area contributed by atoms with E-state index in [4.69, 9.17) is 14.9 Å². The summed E-state index contributed by atoms with van der Waals surface area (Å²) >= 11 is 0. The minimum Gasteiger partial charge on any atom is -0.439 e. The van der Waals surface area contributed by atoms with Gasteiger partial charge in [0.1, 0.15) is 11.4 Å². The van der Waals surface area contributed by atoms with Crippen LogP contribution in [-0.4, -0.2) is 4.98 Å². The van der Waals surface area contributed by atoms with Crippen LogP contribution in [0.5, 0.6) is 0 Å². The van der Waals surface area contributed by atoms with Crippen molar-refractivity contribution in [3.05, 3.63) is 30.2 Å². The fourth-order valence-corrected chi connectivity index (χ4v) is 1.49. The average Bonchev–Trinajstić information content (AvgIpc) is 2.73. The maximum absolute atomic E-state index is 8.97. The van der Waals surface area contributed by atoms with Gasteiger partial charge in [-0.05, 0) is 18.6 Å². The first-order chi connectivity index (χ1) is 7.85. The van der Waals surface area contributed by atoms with Crippen molar-refractivity contribution in [1.82, 2.24) is 4.98 Å². The molecular weight excluding hydrogens is 202 g/mol. The lowest BCUT2D eigenvalue weighted by molar-refractivity contribution is 0.498. The van der Waals surface area contributed by atoms with Crippen LogP contribution >= 0.6 is 0 Å². The van der Waals surface area contributed by atoms with Gasteiger partial charge in [-0.2, -0.15) is 10.5 Å². The molecule has 1 aromatic heterocycles. The molecule has 78 valence electrons. The Labute approximate surface area is 92.7 Å². The number of hydrogen-bond acceptors (Lipinski definition) is 4. The lowest BCUT2D eigenvalue weighted by atomic mass is 10.1. The van der Waals surface area contributed by atoms with Crippen LogP contribution in [0, 0.1) is 22.7 Å². The van der Waals surface area contributed by atoms with Gasteiger partial charge in [-0.3, -0.25) is 0 Å². The van der Waals surface area contributed by atoms with Crippen LogP contribution in [0.4, 0.5) is 0 Å². The molecule has 0 saturated carbocycles. The third-order valence-corrected chi connectivity index (χ3v) is 2.31. The normalized spacial score (nSPS) is 11.9. The van der Waals surface area contributed by atoms with Crippen molar-refractivity contribution in [3.8, 4) is 12.1 Å².